The first kappa shape index (κ1) is 16.5. The molecular formula is C16H15N3O3S2. The van der Waals surface area contributed by atoms with E-state index < -0.39 is 10.0 Å². The van der Waals surface area contributed by atoms with Gasteiger partial charge in [-0.2, -0.15) is 4.72 Å². The molecule has 0 aliphatic carbocycles. The number of anilines is 1. The number of hydrogen-bond acceptors (Lipinski definition) is 4. The summed E-state index contributed by atoms with van der Waals surface area (Å²) in [7, 11) is -3.48. The van der Waals surface area contributed by atoms with E-state index in [0.717, 1.165) is 22.6 Å². The maximum atomic E-state index is 11.9. The van der Waals surface area contributed by atoms with Gasteiger partial charge in [0.1, 0.15) is 4.21 Å². The van der Waals surface area contributed by atoms with Crippen LogP contribution in [0.1, 0.15) is 5.56 Å². The Bertz CT molecular complexity index is 879. The number of nitrogens with one attached hydrogen (secondary N) is 2. The maximum absolute atomic E-state index is 11.9. The Hall–Kier alpha value is -2.34. The molecule has 0 unspecified atom stereocenters. The average Bonchev–Trinajstić information content (AvgIpc) is 3.24. The van der Waals surface area contributed by atoms with Crippen LogP contribution in [0.3, 0.4) is 0 Å². The lowest BCUT2D eigenvalue weighted by molar-refractivity contribution is 0.252. The lowest BCUT2D eigenvalue weighted by atomic mass is 10.2. The van der Waals surface area contributed by atoms with E-state index in [1.54, 1.807) is 22.4 Å². The Morgan fingerprint density at radius 3 is 2.67 bits per heavy atom. The molecule has 8 heteroatoms. The monoisotopic (exact) mass is 361 g/mol. The van der Waals surface area contributed by atoms with Crippen molar-refractivity contribution in [1.29, 1.82) is 0 Å². The lowest BCUT2D eigenvalue weighted by Crippen LogP contribution is -2.27. The quantitative estimate of drug-likeness (QED) is 0.812. The highest BCUT2D eigenvalue weighted by atomic mass is 32.2. The Morgan fingerprint density at radius 2 is 2.04 bits per heavy atom. The van der Waals surface area contributed by atoms with Crippen LogP contribution >= 0.6 is 11.3 Å². The van der Waals surface area contributed by atoms with E-state index in [0.29, 0.717) is 13.1 Å². The van der Waals surface area contributed by atoms with Crippen molar-refractivity contribution >= 4 is 33.1 Å². The first-order valence-electron chi connectivity index (χ1n) is 7.24. The zero-order chi connectivity index (χ0) is 17.0. The Kier molecular flexibility index (Phi) is 4.85. The van der Waals surface area contributed by atoms with E-state index in [2.05, 4.69) is 21.9 Å². The molecule has 1 saturated heterocycles. The highest BCUT2D eigenvalue weighted by Crippen LogP contribution is 2.17. The largest absolute Gasteiger partial charge is 0.336 e. The second-order valence-corrected chi connectivity index (χ2v) is 7.93. The van der Waals surface area contributed by atoms with Crippen molar-refractivity contribution in [2.45, 2.75) is 4.21 Å². The molecule has 2 heterocycles. The molecule has 0 bridgehead atoms. The third-order valence-corrected chi connectivity index (χ3v) is 6.18. The van der Waals surface area contributed by atoms with Gasteiger partial charge < -0.3 is 5.32 Å². The van der Waals surface area contributed by atoms with E-state index in [1.807, 2.05) is 24.3 Å². The molecule has 2 aromatic rings. The van der Waals surface area contributed by atoms with Crippen LogP contribution < -0.4 is 14.9 Å². The summed E-state index contributed by atoms with van der Waals surface area (Å²) in [6.45, 7) is 1.33. The van der Waals surface area contributed by atoms with Crippen LogP contribution in [0.4, 0.5) is 10.5 Å². The van der Waals surface area contributed by atoms with Crippen LogP contribution in [0, 0.1) is 11.8 Å². The number of sulfonamides is 1. The van der Waals surface area contributed by atoms with Crippen molar-refractivity contribution in [3.63, 3.8) is 0 Å². The predicted octanol–water partition coefficient (Wildman–Crippen LogP) is 1.61. The van der Waals surface area contributed by atoms with Crippen molar-refractivity contribution < 1.29 is 13.2 Å². The minimum atomic E-state index is -3.48. The summed E-state index contributed by atoms with van der Waals surface area (Å²) in [6, 6.07) is 10.4. The molecule has 1 aromatic carbocycles. The first-order valence-corrected chi connectivity index (χ1v) is 9.60. The molecule has 2 amide bonds. The zero-order valence-corrected chi connectivity index (χ0v) is 14.3. The van der Waals surface area contributed by atoms with Gasteiger partial charge in [0.25, 0.3) is 10.0 Å². The summed E-state index contributed by atoms with van der Waals surface area (Å²) in [5.41, 5.74) is 1.57. The molecule has 124 valence electrons. The van der Waals surface area contributed by atoms with Gasteiger partial charge in [0, 0.05) is 24.3 Å². The van der Waals surface area contributed by atoms with E-state index in [4.69, 9.17) is 0 Å². The molecule has 1 aliphatic rings. The van der Waals surface area contributed by atoms with Crippen molar-refractivity contribution in [1.82, 2.24) is 10.0 Å². The summed E-state index contributed by atoms with van der Waals surface area (Å²) in [6.07, 6.45) is 0. The fourth-order valence-corrected chi connectivity index (χ4v) is 4.17. The van der Waals surface area contributed by atoms with E-state index in [9.17, 15) is 13.2 Å². The summed E-state index contributed by atoms with van der Waals surface area (Å²) >= 11 is 1.16. The Balaban J connectivity index is 1.59. The Labute approximate surface area is 144 Å². The lowest BCUT2D eigenvalue weighted by Gasteiger charge is -2.13. The van der Waals surface area contributed by atoms with Crippen LogP contribution in [-0.2, 0) is 10.0 Å². The van der Waals surface area contributed by atoms with Gasteiger partial charge in [0.2, 0.25) is 0 Å². The van der Waals surface area contributed by atoms with Crippen molar-refractivity contribution in [3.8, 4) is 11.8 Å². The molecule has 0 saturated carbocycles. The first-order chi connectivity index (χ1) is 11.6. The van der Waals surface area contributed by atoms with E-state index >= 15 is 0 Å². The third kappa shape index (κ3) is 3.76. The third-order valence-electron chi connectivity index (χ3n) is 3.38. The molecular weight excluding hydrogens is 346 g/mol. The smallest absolute Gasteiger partial charge is 0.321 e. The number of carbonyl (C=O) groups excluding carboxylic acids is 1. The molecule has 1 fully saturated rings. The van der Waals surface area contributed by atoms with Crippen molar-refractivity contribution in [2.75, 3.05) is 24.5 Å². The van der Waals surface area contributed by atoms with Gasteiger partial charge >= 0.3 is 6.03 Å². The van der Waals surface area contributed by atoms with Crippen LogP contribution in [-0.4, -0.2) is 34.1 Å². The van der Waals surface area contributed by atoms with Gasteiger partial charge in [0.15, 0.2) is 0 Å². The molecule has 1 aliphatic heterocycles. The minimum Gasteiger partial charge on any atom is -0.336 e. The van der Waals surface area contributed by atoms with Crippen LogP contribution in [0.2, 0.25) is 0 Å². The SMILES string of the molecule is O=C1NCCN1c1ccc(C#CCNS(=O)(=O)c2cccs2)cc1. The summed E-state index contributed by atoms with van der Waals surface area (Å²) in [5, 5.41) is 4.46. The van der Waals surface area contributed by atoms with Crippen LogP contribution in [0.15, 0.2) is 46.0 Å². The number of carbonyl (C=O) groups is 1. The predicted molar refractivity (Wildman–Crippen MR) is 93.6 cm³/mol. The van der Waals surface area contributed by atoms with Crippen molar-refractivity contribution in [3.05, 3.63) is 47.3 Å². The maximum Gasteiger partial charge on any atom is 0.321 e. The van der Waals surface area contributed by atoms with Gasteiger partial charge in [-0.1, -0.05) is 17.9 Å². The number of rotatable bonds is 4. The Morgan fingerprint density at radius 1 is 1.25 bits per heavy atom. The van der Waals surface area contributed by atoms with E-state index in [-0.39, 0.29) is 16.8 Å². The normalized spacial score (nSPS) is 14.2. The number of nitrogens with zero attached hydrogens (tertiary/aromatic N) is 1. The molecule has 24 heavy (non-hydrogen) atoms. The van der Waals surface area contributed by atoms with Crippen molar-refractivity contribution in [2.24, 2.45) is 0 Å². The average molecular weight is 361 g/mol. The second-order valence-electron chi connectivity index (χ2n) is 4.99. The fraction of sp³-hybridized carbons (Fsp3) is 0.188. The number of amides is 2. The molecule has 0 spiro atoms. The molecule has 1 aromatic heterocycles. The molecule has 3 rings (SSSR count). The number of benzene rings is 1. The minimum absolute atomic E-state index is 0.0382. The topological polar surface area (TPSA) is 78.5 Å². The molecule has 0 radical (unpaired) electrons. The number of urea groups is 1. The zero-order valence-electron chi connectivity index (χ0n) is 12.7. The molecule has 6 nitrogen and oxygen atoms in total. The van der Waals surface area contributed by atoms with Gasteiger partial charge in [-0.05, 0) is 35.7 Å². The molecule has 0 atom stereocenters. The fourth-order valence-electron chi connectivity index (χ4n) is 2.21. The number of thiophene rings is 1. The van der Waals surface area contributed by atoms with Gasteiger partial charge in [-0.15, -0.1) is 11.3 Å². The standard InChI is InChI=1S/C16H15N3O3S2/c20-16-17-10-11-19(16)14-7-5-13(6-8-14)3-1-9-18-24(21,22)15-4-2-12-23-15/h2,4-8,12,18H,9-11H2,(H,17,20). The number of hydrogen-bond donors (Lipinski definition) is 2. The van der Waals surface area contributed by atoms with Gasteiger partial charge in [0.05, 0.1) is 6.54 Å². The summed E-state index contributed by atoms with van der Waals surface area (Å²) in [5.74, 6) is 5.69. The van der Waals surface area contributed by atoms with Crippen LogP contribution in [0.5, 0.6) is 0 Å². The summed E-state index contributed by atoms with van der Waals surface area (Å²) < 4.78 is 26.5. The summed E-state index contributed by atoms with van der Waals surface area (Å²) in [4.78, 5) is 13.2. The highest BCUT2D eigenvalue weighted by molar-refractivity contribution is 7.91. The second kappa shape index (κ2) is 7.05. The highest BCUT2D eigenvalue weighted by Gasteiger charge is 2.20. The van der Waals surface area contributed by atoms with E-state index in [1.165, 1.54) is 0 Å². The molecule has 2 N–H and O–H groups in total. The van der Waals surface area contributed by atoms with Gasteiger partial charge in [-0.25, -0.2) is 13.2 Å². The van der Waals surface area contributed by atoms with Crippen LogP contribution in [0.25, 0.3) is 0 Å². The van der Waals surface area contributed by atoms with Gasteiger partial charge in [-0.3, -0.25) is 4.90 Å².